The number of rotatable bonds is 38. The molecule has 0 spiro atoms. The average Bonchev–Trinajstić information content (AvgIpc) is 3.45. The molecule has 0 saturated carbocycles. The summed E-state index contributed by atoms with van der Waals surface area (Å²) in [5.41, 5.74) is 0. The van der Waals surface area contributed by atoms with Gasteiger partial charge in [-0.15, -0.1) is 0 Å². The molecule has 1 rings (SSSR count). The number of hydrogen-bond acceptors (Lipinski definition) is 2. The van der Waals surface area contributed by atoms with Crippen LogP contribution in [0.5, 0.6) is 0 Å². The van der Waals surface area contributed by atoms with E-state index in [9.17, 15) is 0 Å². The first-order valence-corrected chi connectivity index (χ1v) is 22.0. The maximum atomic E-state index is 2.73. The lowest BCUT2D eigenvalue weighted by atomic mass is 10.0. The molecule has 0 amide bonds. The van der Waals surface area contributed by atoms with Gasteiger partial charge in [-0.1, -0.05) is 226 Å². The molecule has 274 valence electrons. The van der Waals surface area contributed by atoms with Crippen molar-refractivity contribution in [2.45, 2.75) is 258 Å². The highest BCUT2D eigenvalue weighted by Gasteiger charge is 2.24. The lowest BCUT2D eigenvalue weighted by Crippen LogP contribution is -2.39. The van der Waals surface area contributed by atoms with E-state index in [1.54, 1.807) is 0 Å². The van der Waals surface area contributed by atoms with Crippen molar-refractivity contribution in [2.75, 3.05) is 13.1 Å². The van der Waals surface area contributed by atoms with Crippen LogP contribution in [0, 0.1) is 0 Å². The van der Waals surface area contributed by atoms with Gasteiger partial charge in [0.2, 0.25) is 0 Å². The quantitative estimate of drug-likeness (QED) is 0.0617. The molecule has 0 saturated heterocycles. The van der Waals surface area contributed by atoms with E-state index in [0.29, 0.717) is 6.17 Å². The van der Waals surface area contributed by atoms with Gasteiger partial charge in [0.05, 0.1) is 0 Å². The fraction of sp³-hybridized carbons (Fsp3) is 0.955. The van der Waals surface area contributed by atoms with E-state index in [0.717, 1.165) is 0 Å². The molecule has 0 aromatic heterocycles. The van der Waals surface area contributed by atoms with Gasteiger partial charge in [-0.3, -0.25) is 0 Å². The molecule has 0 aliphatic carbocycles. The fourth-order valence-corrected chi connectivity index (χ4v) is 7.60. The van der Waals surface area contributed by atoms with Crippen molar-refractivity contribution in [3.05, 3.63) is 12.4 Å². The molecule has 1 atom stereocenters. The Bertz CT molecular complexity index is 601. The highest BCUT2D eigenvalue weighted by atomic mass is 15.4. The van der Waals surface area contributed by atoms with E-state index in [2.05, 4.69) is 43.0 Å². The summed E-state index contributed by atoms with van der Waals surface area (Å²) in [4.78, 5) is 5.46. The van der Waals surface area contributed by atoms with Crippen LogP contribution >= 0.6 is 0 Å². The van der Waals surface area contributed by atoms with E-state index < -0.39 is 0 Å². The third kappa shape index (κ3) is 27.3. The van der Waals surface area contributed by atoms with Gasteiger partial charge in [-0.25, -0.2) is 0 Å². The molecule has 0 bridgehead atoms. The van der Waals surface area contributed by atoms with Crippen molar-refractivity contribution < 1.29 is 0 Å². The first kappa shape index (κ1) is 43.4. The second-order valence-electron chi connectivity index (χ2n) is 15.4. The largest absolute Gasteiger partial charge is 0.356 e. The predicted molar refractivity (Wildman–Crippen MR) is 210 cm³/mol. The highest BCUT2D eigenvalue weighted by molar-refractivity contribution is 4.97. The monoisotopic (exact) mass is 645 g/mol. The normalized spacial score (nSPS) is 14.7. The van der Waals surface area contributed by atoms with Crippen molar-refractivity contribution in [1.29, 1.82) is 0 Å². The SMILES string of the molecule is CCCCCCCCCCCCCCCC1N(CCCCCCCCCCCC)C=CN1CCCCCCCCCCCCCC. The molecule has 0 aromatic carbocycles. The predicted octanol–water partition coefficient (Wildman–Crippen LogP) is 15.5. The minimum Gasteiger partial charge on any atom is -0.356 e. The van der Waals surface area contributed by atoms with Gasteiger partial charge in [0.1, 0.15) is 6.17 Å². The van der Waals surface area contributed by atoms with Gasteiger partial charge in [0.25, 0.3) is 0 Å². The second-order valence-corrected chi connectivity index (χ2v) is 15.4. The van der Waals surface area contributed by atoms with Crippen LogP contribution in [0.15, 0.2) is 12.4 Å². The van der Waals surface area contributed by atoms with E-state index >= 15 is 0 Å². The van der Waals surface area contributed by atoms with Gasteiger partial charge in [-0.05, 0) is 25.7 Å². The Balaban J connectivity index is 2.22. The third-order valence-corrected chi connectivity index (χ3v) is 10.8. The van der Waals surface area contributed by atoms with Crippen LogP contribution in [-0.2, 0) is 0 Å². The van der Waals surface area contributed by atoms with Gasteiger partial charge in [0, 0.05) is 25.5 Å². The van der Waals surface area contributed by atoms with Crippen LogP contribution in [-0.4, -0.2) is 29.1 Å². The fourth-order valence-electron chi connectivity index (χ4n) is 7.60. The van der Waals surface area contributed by atoms with Crippen molar-refractivity contribution in [1.82, 2.24) is 9.80 Å². The molecule has 0 radical (unpaired) electrons. The lowest BCUT2D eigenvalue weighted by Gasteiger charge is -2.33. The summed E-state index contributed by atoms with van der Waals surface area (Å²) in [5, 5.41) is 0. The number of unbranched alkanes of at least 4 members (excludes halogenated alkanes) is 32. The average molecular weight is 645 g/mol. The maximum absolute atomic E-state index is 2.73. The van der Waals surface area contributed by atoms with Crippen LogP contribution < -0.4 is 0 Å². The third-order valence-electron chi connectivity index (χ3n) is 10.8. The molecule has 0 N–H and O–H groups in total. The molecule has 1 aliphatic heterocycles. The van der Waals surface area contributed by atoms with Crippen molar-refractivity contribution in [3.8, 4) is 0 Å². The minimum absolute atomic E-state index is 0.638. The molecular weight excluding hydrogens is 556 g/mol. The molecule has 1 aliphatic rings. The Labute approximate surface area is 292 Å². The molecule has 0 fully saturated rings. The number of hydrogen-bond donors (Lipinski definition) is 0. The summed E-state index contributed by atoms with van der Waals surface area (Å²) in [7, 11) is 0. The van der Waals surface area contributed by atoms with Crippen molar-refractivity contribution in [3.63, 3.8) is 0 Å². The highest BCUT2D eigenvalue weighted by Crippen LogP contribution is 2.24. The van der Waals surface area contributed by atoms with Crippen molar-refractivity contribution >= 4 is 0 Å². The summed E-state index contributed by atoms with van der Waals surface area (Å²) in [6, 6.07) is 0. The van der Waals surface area contributed by atoms with Gasteiger partial charge >= 0.3 is 0 Å². The first-order valence-electron chi connectivity index (χ1n) is 22.0. The van der Waals surface area contributed by atoms with Crippen molar-refractivity contribution in [2.24, 2.45) is 0 Å². The Morgan fingerprint density at radius 2 is 0.500 bits per heavy atom. The topological polar surface area (TPSA) is 6.48 Å². The zero-order chi connectivity index (χ0) is 33.0. The Morgan fingerprint density at radius 3 is 0.761 bits per heavy atom. The molecule has 0 aromatic rings. The van der Waals surface area contributed by atoms with E-state index in [1.165, 1.54) is 244 Å². The smallest absolute Gasteiger partial charge is 0.101 e. The number of nitrogens with zero attached hydrogens (tertiary/aromatic N) is 2. The molecule has 2 heteroatoms. The summed E-state index contributed by atoms with van der Waals surface area (Å²) in [6.45, 7) is 9.49. The standard InChI is InChI=1S/C44H88N2/c1-4-7-10-13-16-19-22-24-25-27-30-33-36-39-44-45(40-37-34-31-28-21-18-15-12-9-6-3)42-43-46(44)41-38-35-32-29-26-23-20-17-14-11-8-5-2/h42-44H,4-41H2,1-3H3. The maximum Gasteiger partial charge on any atom is 0.101 e. The minimum atomic E-state index is 0.638. The van der Waals surface area contributed by atoms with Crippen LogP contribution in [0.4, 0.5) is 0 Å². The van der Waals surface area contributed by atoms with Gasteiger partial charge in [0.15, 0.2) is 0 Å². The molecule has 1 unspecified atom stereocenters. The summed E-state index contributed by atoms with van der Waals surface area (Å²) in [6.07, 6.45) is 57.4. The molecular formula is C44H88N2. The van der Waals surface area contributed by atoms with Crippen LogP contribution in [0.2, 0.25) is 0 Å². The Morgan fingerprint density at radius 1 is 0.283 bits per heavy atom. The van der Waals surface area contributed by atoms with E-state index in [-0.39, 0.29) is 0 Å². The summed E-state index contributed by atoms with van der Waals surface area (Å²) in [5.74, 6) is 0. The lowest BCUT2D eigenvalue weighted by molar-refractivity contribution is 0.135. The van der Waals surface area contributed by atoms with Gasteiger partial charge < -0.3 is 9.80 Å². The van der Waals surface area contributed by atoms with Crippen LogP contribution in [0.25, 0.3) is 0 Å². The molecule has 46 heavy (non-hydrogen) atoms. The second kappa shape index (κ2) is 35.6. The zero-order valence-corrected chi connectivity index (χ0v) is 32.5. The zero-order valence-electron chi connectivity index (χ0n) is 32.5. The molecule has 2 nitrogen and oxygen atoms in total. The molecule has 1 heterocycles. The Kier molecular flexibility index (Phi) is 33.6. The van der Waals surface area contributed by atoms with Crippen LogP contribution in [0.1, 0.15) is 252 Å². The summed E-state index contributed by atoms with van der Waals surface area (Å²) >= 11 is 0. The van der Waals surface area contributed by atoms with E-state index in [1.807, 2.05) is 0 Å². The summed E-state index contributed by atoms with van der Waals surface area (Å²) < 4.78 is 0. The first-order chi connectivity index (χ1) is 22.8. The van der Waals surface area contributed by atoms with E-state index in [4.69, 9.17) is 0 Å². The van der Waals surface area contributed by atoms with Crippen LogP contribution in [0.3, 0.4) is 0 Å². The Hall–Kier alpha value is -0.660. The van der Waals surface area contributed by atoms with Gasteiger partial charge in [-0.2, -0.15) is 0 Å².